The second-order valence-corrected chi connectivity index (χ2v) is 5.11. The lowest BCUT2D eigenvalue weighted by Gasteiger charge is -2.32. The minimum atomic E-state index is -0.861. The molecular weight excluding hydrogens is 246 g/mol. The quantitative estimate of drug-likeness (QED) is 0.407. The van der Waals surface area contributed by atoms with Crippen LogP contribution in [-0.4, -0.2) is 87.3 Å². The fraction of sp³-hybridized carbons (Fsp3) is 1.00. The summed E-state index contributed by atoms with van der Waals surface area (Å²) >= 11 is 0. The summed E-state index contributed by atoms with van der Waals surface area (Å²) in [5.41, 5.74) is 5.15. The molecule has 0 spiro atoms. The summed E-state index contributed by atoms with van der Waals surface area (Å²) in [7, 11) is 2.17. The summed E-state index contributed by atoms with van der Waals surface area (Å²) < 4.78 is 10.8. The molecule has 1 aliphatic heterocycles. The van der Waals surface area contributed by atoms with Crippen molar-refractivity contribution < 1.29 is 14.6 Å². The van der Waals surface area contributed by atoms with Crippen LogP contribution in [0, 0.1) is 0 Å². The fourth-order valence-corrected chi connectivity index (χ4v) is 1.98. The lowest BCUT2D eigenvalue weighted by Crippen LogP contribution is -2.45. The second kappa shape index (κ2) is 10.5. The van der Waals surface area contributed by atoms with Gasteiger partial charge < -0.3 is 25.2 Å². The van der Waals surface area contributed by atoms with Crippen molar-refractivity contribution in [2.75, 3.05) is 66.2 Å². The lowest BCUT2D eigenvalue weighted by atomic mass is 10.3. The summed E-state index contributed by atoms with van der Waals surface area (Å²) in [6.45, 7) is 8.08. The summed E-state index contributed by atoms with van der Waals surface area (Å²) in [5, 5.41) is 8.79. The Morgan fingerprint density at radius 3 is 2.32 bits per heavy atom. The molecular formula is C13H29N3O3. The highest BCUT2D eigenvalue weighted by Gasteiger charge is 2.12. The van der Waals surface area contributed by atoms with E-state index in [1.807, 2.05) is 0 Å². The van der Waals surface area contributed by atoms with Gasteiger partial charge in [0.05, 0.1) is 13.2 Å². The number of hydrogen-bond acceptors (Lipinski definition) is 6. The SMILES string of the molecule is CN1CCN(CCOCCCCOCC(N)O)CC1. The van der Waals surface area contributed by atoms with Crippen LogP contribution in [0.4, 0.5) is 0 Å². The number of likely N-dealkylation sites (N-methyl/N-ethyl adjacent to an activating group) is 1. The molecule has 1 atom stereocenters. The molecule has 1 aliphatic rings. The van der Waals surface area contributed by atoms with Crippen LogP contribution in [0.2, 0.25) is 0 Å². The number of nitrogens with zero attached hydrogens (tertiary/aromatic N) is 2. The van der Waals surface area contributed by atoms with E-state index in [1.165, 1.54) is 0 Å². The Kier molecular flexibility index (Phi) is 9.32. The van der Waals surface area contributed by atoms with Crippen molar-refractivity contribution in [2.45, 2.75) is 19.1 Å². The van der Waals surface area contributed by atoms with E-state index in [2.05, 4.69) is 16.8 Å². The van der Waals surface area contributed by atoms with Gasteiger partial charge in [-0.1, -0.05) is 0 Å². The zero-order chi connectivity index (χ0) is 13.9. The number of nitrogens with two attached hydrogens (primary N) is 1. The van der Waals surface area contributed by atoms with Crippen LogP contribution in [0.25, 0.3) is 0 Å². The van der Waals surface area contributed by atoms with Crippen LogP contribution in [0.5, 0.6) is 0 Å². The Bertz CT molecular complexity index is 209. The standard InChI is InChI=1S/C13H29N3O3/c1-15-4-6-16(7-5-15)8-11-18-9-2-3-10-19-12-13(14)17/h13,17H,2-12,14H2,1H3. The molecule has 6 heteroatoms. The normalized spacial score (nSPS) is 19.7. The van der Waals surface area contributed by atoms with Crippen LogP contribution < -0.4 is 5.73 Å². The highest BCUT2D eigenvalue weighted by Crippen LogP contribution is 1.99. The van der Waals surface area contributed by atoms with Gasteiger partial charge in [-0.05, 0) is 19.9 Å². The molecule has 3 N–H and O–H groups in total. The van der Waals surface area contributed by atoms with Crippen molar-refractivity contribution in [3.8, 4) is 0 Å². The molecule has 1 rings (SSSR count). The Morgan fingerprint density at radius 2 is 1.68 bits per heavy atom. The van der Waals surface area contributed by atoms with Gasteiger partial charge >= 0.3 is 0 Å². The zero-order valence-electron chi connectivity index (χ0n) is 12.1. The Balaban J connectivity index is 1.79. The largest absolute Gasteiger partial charge is 0.380 e. The second-order valence-electron chi connectivity index (χ2n) is 5.11. The molecule has 19 heavy (non-hydrogen) atoms. The number of ether oxygens (including phenoxy) is 2. The third kappa shape index (κ3) is 9.32. The zero-order valence-corrected chi connectivity index (χ0v) is 12.1. The molecule has 1 heterocycles. The van der Waals surface area contributed by atoms with Crippen LogP contribution >= 0.6 is 0 Å². The summed E-state index contributed by atoms with van der Waals surface area (Å²) in [6, 6.07) is 0. The van der Waals surface area contributed by atoms with Gasteiger partial charge in [0.25, 0.3) is 0 Å². The maximum absolute atomic E-state index is 8.79. The van der Waals surface area contributed by atoms with Crippen molar-refractivity contribution in [1.29, 1.82) is 0 Å². The first-order valence-corrected chi connectivity index (χ1v) is 7.18. The van der Waals surface area contributed by atoms with E-state index in [0.717, 1.165) is 58.8 Å². The van der Waals surface area contributed by atoms with Gasteiger partial charge in [-0.2, -0.15) is 0 Å². The summed E-state index contributed by atoms with van der Waals surface area (Å²) in [5.74, 6) is 0. The molecule has 6 nitrogen and oxygen atoms in total. The number of aliphatic hydroxyl groups excluding tert-OH is 1. The van der Waals surface area contributed by atoms with Crippen LogP contribution in [0.1, 0.15) is 12.8 Å². The van der Waals surface area contributed by atoms with Crippen molar-refractivity contribution in [2.24, 2.45) is 5.73 Å². The molecule has 0 aromatic heterocycles. The van der Waals surface area contributed by atoms with Gasteiger partial charge in [-0.25, -0.2) is 0 Å². The minimum absolute atomic E-state index is 0.213. The predicted octanol–water partition coefficient (Wildman–Crippen LogP) is -0.676. The van der Waals surface area contributed by atoms with Crippen LogP contribution in [0.15, 0.2) is 0 Å². The van der Waals surface area contributed by atoms with Crippen molar-refractivity contribution in [1.82, 2.24) is 9.80 Å². The number of piperazine rings is 1. The average Bonchev–Trinajstić information content (AvgIpc) is 2.38. The maximum Gasteiger partial charge on any atom is 0.126 e. The maximum atomic E-state index is 8.79. The topological polar surface area (TPSA) is 71.2 Å². The molecule has 1 saturated heterocycles. The van der Waals surface area contributed by atoms with Crippen molar-refractivity contribution >= 4 is 0 Å². The first-order chi connectivity index (χ1) is 9.18. The summed E-state index contributed by atoms with van der Waals surface area (Å²) in [4.78, 5) is 4.81. The Labute approximate surface area is 116 Å². The van der Waals surface area contributed by atoms with E-state index in [-0.39, 0.29) is 6.61 Å². The number of unbranched alkanes of at least 4 members (excludes halogenated alkanes) is 1. The number of rotatable bonds is 10. The van der Waals surface area contributed by atoms with E-state index in [0.29, 0.717) is 6.61 Å². The molecule has 0 aromatic carbocycles. The fourth-order valence-electron chi connectivity index (χ4n) is 1.98. The van der Waals surface area contributed by atoms with Crippen molar-refractivity contribution in [3.05, 3.63) is 0 Å². The van der Waals surface area contributed by atoms with E-state index >= 15 is 0 Å². The molecule has 0 radical (unpaired) electrons. The molecule has 0 aromatic rings. The van der Waals surface area contributed by atoms with E-state index in [4.69, 9.17) is 20.3 Å². The molecule has 0 saturated carbocycles. The molecule has 1 unspecified atom stereocenters. The monoisotopic (exact) mass is 275 g/mol. The van der Waals surface area contributed by atoms with Gasteiger partial charge in [0.15, 0.2) is 0 Å². The average molecular weight is 275 g/mol. The van der Waals surface area contributed by atoms with Gasteiger partial charge in [0.2, 0.25) is 0 Å². The summed E-state index contributed by atoms with van der Waals surface area (Å²) in [6.07, 6.45) is 1.07. The third-order valence-electron chi connectivity index (χ3n) is 3.26. The van der Waals surface area contributed by atoms with Gasteiger partial charge in [-0.3, -0.25) is 4.90 Å². The first-order valence-electron chi connectivity index (χ1n) is 7.18. The molecule has 114 valence electrons. The first kappa shape index (κ1) is 16.8. The molecule has 0 bridgehead atoms. The van der Waals surface area contributed by atoms with Gasteiger partial charge in [0.1, 0.15) is 6.23 Å². The minimum Gasteiger partial charge on any atom is -0.380 e. The van der Waals surface area contributed by atoms with Gasteiger partial charge in [0, 0.05) is 45.9 Å². The van der Waals surface area contributed by atoms with Crippen LogP contribution in [-0.2, 0) is 9.47 Å². The van der Waals surface area contributed by atoms with E-state index < -0.39 is 6.23 Å². The molecule has 0 amide bonds. The predicted molar refractivity (Wildman–Crippen MR) is 75.0 cm³/mol. The molecule has 0 aliphatic carbocycles. The van der Waals surface area contributed by atoms with E-state index in [9.17, 15) is 0 Å². The number of hydrogen-bond donors (Lipinski definition) is 2. The smallest absolute Gasteiger partial charge is 0.126 e. The Hall–Kier alpha value is -0.240. The van der Waals surface area contributed by atoms with Gasteiger partial charge in [-0.15, -0.1) is 0 Å². The number of aliphatic hydroxyl groups is 1. The Morgan fingerprint density at radius 1 is 1.05 bits per heavy atom. The highest BCUT2D eigenvalue weighted by molar-refractivity contribution is 4.68. The van der Waals surface area contributed by atoms with E-state index in [1.54, 1.807) is 0 Å². The third-order valence-corrected chi connectivity index (χ3v) is 3.26. The van der Waals surface area contributed by atoms with Crippen molar-refractivity contribution in [3.63, 3.8) is 0 Å². The van der Waals surface area contributed by atoms with Crippen LogP contribution in [0.3, 0.4) is 0 Å². The highest BCUT2D eigenvalue weighted by atomic mass is 16.5. The lowest BCUT2D eigenvalue weighted by molar-refractivity contribution is 0.0338. The molecule has 1 fully saturated rings.